The monoisotopic (exact) mass is 195 g/mol. The fourth-order valence-corrected chi connectivity index (χ4v) is 1.02. The van der Waals surface area contributed by atoms with E-state index in [-0.39, 0.29) is 0 Å². The Hall–Kier alpha value is -0.560. The molecule has 1 atom stereocenters. The van der Waals surface area contributed by atoms with E-state index in [9.17, 15) is 0 Å². The van der Waals surface area contributed by atoms with Gasteiger partial charge >= 0.3 is 0 Å². The zero-order chi connectivity index (χ0) is 11.2. The maximum Gasteiger partial charge on any atom is 0.0199 e. The molecule has 0 saturated carbocycles. The summed E-state index contributed by atoms with van der Waals surface area (Å²) in [7, 11) is 1.98. The summed E-state index contributed by atoms with van der Waals surface area (Å²) < 4.78 is 0. The van der Waals surface area contributed by atoms with E-state index in [4.69, 9.17) is 0 Å². The van der Waals surface area contributed by atoms with Crippen molar-refractivity contribution in [2.75, 3.05) is 13.6 Å². The first kappa shape index (κ1) is 13.4. The van der Waals surface area contributed by atoms with Gasteiger partial charge in [-0.2, -0.15) is 0 Å². The highest BCUT2D eigenvalue weighted by molar-refractivity contribution is 5.20. The van der Waals surface area contributed by atoms with Crippen LogP contribution in [-0.2, 0) is 0 Å². The molecule has 82 valence electrons. The Balaban J connectivity index is 4.28. The number of hydrogen-bond acceptors (Lipinski definition) is 1. The third-order valence-corrected chi connectivity index (χ3v) is 2.72. The van der Waals surface area contributed by atoms with Crippen LogP contribution in [0.5, 0.6) is 0 Å². The van der Waals surface area contributed by atoms with Gasteiger partial charge in [-0.1, -0.05) is 45.9 Å². The fourth-order valence-electron chi connectivity index (χ4n) is 1.02. The van der Waals surface area contributed by atoms with E-state index in [1.54, 1.807) is 0 Å². The third kappa shape index (κ3) is 5.23. The molecule has 0 radical (unpaired) electrons. The second-order valence-electron chi connectivity index (χ2n) is 4.91. The maximum atomic E-state index is 3.16. The molecule has 0 aromatic rings. The van der Waals surface area contributed by atoms with Crippen LogP contribution >= 0.6 is 0 Å². The molecule has 0 fully saturated rings. The molecular weight excluding hydrogens is 170 g/mol. The number of nitrogens with one attached hydrogen (secondary N) is 1. The predicted molar refractivity (Wildman–Crippen MR) is 65.4 cm³/mol. The summed E-state index contributed by atoms with van der Waals surface area (Å²) in [6.07, 6.45) is 6.68. The highest BCUT2D eigenvalue weighted by atomic mass is 14.8. The van der Waals surface area contributed by atoms with Gasteiger partial charge in [0.25, 0.3) is 0 Å². The molecule has 0 aliphatic heterocycles. The summed E-state index contributed by atoms with van der Waals surface area (Å²) in [6, 6.07) is 0. The molecule has 14 heavy (non-hydrogen) atoms. The summed E-state index contributed by atoms with van der Waals surface area (Å²) in [6.45, 7) is 12.1. The van der Waals surface area contributed by atoms with Gasteiger partial charge in [-0.15, -0.1) is 0 Å². The highest BCUT2D eigenvalue weighted by Gasteiger charge is 2.16. The van der Waals surface area contributed by atoms with Crippen LogP contribution in [0.15, 0.2) is 23.8 Å². The summed E-state index contributed by atoms with van der Waals surface area (Å²) in [4.78, 5) is 0. The van der Waals surface area contributed by atoms with E-state index in [1.165, 1.54) is 5.57 Å². The molecule has 0 spiro atoms. The highest BCUT2D eigenvalue weighted by Crippen LogP contribution is 2.26. The Labute approximate surface area is 89.3 Å². The van der Waals surface area contributed by atoms with E-state index in [0.717, 1.165) is 6.54 Å². The van der Waals surface area contributed by atoms with E-state index < -0.39 is 0 Å². The maximum absolute atomic E-state index is 3.16. The van der Waals surface area contributed by atoms with Crippen molar-refractivity contribution >= 4 is 0 Å². The van der Waals surface area contributed by atoms with Crippen molar-refractivity contribution in [1.29, 1.82) is 0 Å². The van der Waals surface area contributed by atoms with Gasteiger partial charge in [-0.3, -0.25) is 0 Å². The molecule has 0 bridgehead atoms. The van der Waals surface area contributed by atoms with Crippen molar-refractivity contribution in [3.05, 3.63) is 23.8 Å². The third-order valence-electron chi connectivity index (χ3n) is 2.72. The molecular formula is C13H25N. The van der Waals surface area contributed by atoms with Crippen molar-refractivity contribution in [2.24, 2.45) is 11.3 Å². The summed E-state index contributed by atoms with van der Waals surface area (Å²) >= 11 is 0. The molecule has 0 aromatic heterocycles. The lowest BCUT2D eigenvalue weighted by Crippen LogP contribution is -2.15. The summed E-state index contributed by atoms with van der Waals surface area (Å²) in [5.74, 6) is 0.606. The average molecular weight is 195 g/mol. The molecule has 0 aromatic carbocycles. The Bertz CT molecular complexity index is 206. The van der Waals surface area contributed by atoms with Crippen molar-refractivity contribution in [2.45, 2.75) is 34.6 Å². The van der Waals surface area contributed by atoms with Crippen molar-refractivity contribution in [1.82, 2.24) is 5.32 Å². The first-order valence-electron chi connectivity index (χ1n) is 5.39. The second kappa shape index (κ2) is 6.02. The molecule has 0 aliphatic rings. The fraction of sp³-hybridized carbons (Fsp3) is 0.692. The molecule has 1 heteroatoms. The molecule has 1 N–H and O–H groups in total. The Morgan fingerprint density at radius 2 is 1.93 bits per heavy atom. The van der Waals surface area contributed by atoms with Gasteiger partial charge in [0.2, 0.25) is 0 Å². The van der Waals surface area contributed by atoms with Crippen molar-refractivity contribution in [3.63, 3.8) is 0 Å². The van der Waals surface area contributed by atoms with Crippen LogP contribution in [0.2, 0.25) is 0 Å². The van der Waals surface area contributed by atoms with E-state index in [2.05, 4.69) is 58.2 Å². The number of likely N-dealkylation sites (N-methyl/N-ethyl adjacent to an activating group) is 1. The molecule has 0 heterocycles. The number of allylic oxidation sites excluding steroid dienone is 2. The Morgan fingerprint density at radius 3 is 2.29 bits per heavy atom. The van der Waals surface area contributed by atoms with E-state index >= 15 is 0 Å². The standard InChI is InChI=1S/C13H25N/c1-7-12(10-14-6)9-8-11(2)13(3,4)5/h7-9,11,14H,10H2,1-6H3/b9-8-,12-7+. The van der Waals surface area contributed by atoms with Crippen LogP contribution in [0.4, 0.5) is 0 Å². The van der Waals surface area contributed by atoms with Crippen LogP contribution in [0.25, 0.3) is 0 Å². The topological polar surface area (TPSA) is 12.0 Å². The lowest BCUT2D eigenvalue weighted by atomic mass is 9.82. The molecule has 1 unspecified atom stereocenters. The molecule has 1 nitrogen and oxygen atoms in total. The Morgan fingerprint density at radius 1 is 1.36 bits per heavy atom. The van der Waals surface area contributed by atoms with Crippen LogP contribution in [0.3, 0.4) is 0 Å². The first-order valence-corrected chi connectivity index (χ1v) is 5.39. The molecule has 0 saturated heterocycles. The van der Waals surface area contributed by atoms with Crippen molar-refractivity contribution < 1.29 is 0 Å². The van der Waals surface area contributed by atoms with Crippen LogP contribution in [0, 0.1) is 11.3 Å². The Kier molecular flexibility index (Phi) is 5.78. The largest absolute Gasteiger partial charge is 0.316 e. The van der Waals surface area contributed by atoms with Crippen LogP contribution in [-0.4, -0.2) is 13.6 Å². The van der Waals surface area contributed by atoms with Gasteiger partial charge in [-0.05, 0) is 30.9 Å². The summed E-state index contributed by atoms with van der Waals surface area (Å²) in [5, 5.41) is 3.16. The van der Waals surface area contributed by atoms with Gasteiger partial charge in [0, 0.05) is 6.54 Å². The lowest BCUT2D eigenvalue weighted by Gasteiger charge is -2.24. The van der Waals surface area contributed by atoms with Gasteiger partial charge in [0.15, 0.2) is 0 Å². The smallest absolute Gasteiger partial charge is 0.0199 e. The normalized spacial score (nSPS) is 16.3. The van der Waals surface area contributed by atoms with Crippen LogP contribution in [0.1, 0.15) is 34.6 Å². The zero-order valence-electron chi connectivity index (χ0n) is 10.5. The molecule has 0 rings (SSSR count). The summed E-state index contributed by atoms with van der Waals surface area (Å²) in [5.41, 5.74) is 1.71. The zero-order valence-corrected chi connectivity index (χ0v) is 10.5. The van der Waals surface area contributed by atoms with Gasteiger partial charge < -0.3 is 5.32 Å². The van der Waals surface area contributed by atoms with Gasteiger partial charge in [-0.25, -0.2) is 0 Å². The average Bonchev–Trinajstić information content (AvgIpc) is 2.10. The van der Waals surface area contributed by atoms with Gasteiger partial charge in [0.1, 0.15) is 0 Å². The first-order chi connectivity index (χ1) is 6.41. The SMILES string of the molecule is C/C=C(\C=C/C(C)C(C)(C)C)CNC. The molecule has 0 amide bonds. The minimum absolute atomic E-state index is 0.356. The van der Waals surface area contributed by atoms with E-state index in [1.807, 2.05) is 7.05 Å². The second-order valence-corrected chi connectivity index (χ2v) is 4.91. The lowest BCUT2D eigenvalue weighted by molar-refractivity contribution is 0.314. The van der Waals surface area contributed by atoms with E-state index in [0.29, 0.717) is 11.3 Å². The minimum Gasteiger partial charge on any atom is -0.316 e. The molecule has 0 aliphatic carbocycles. The minimum atomic E-state index is 0.356. The number of hydrogen-bond donors (Lipinski definition) is 1. The number of rotatable bonds is 4. The van der Waals surface area contributed by atoms with Gasteiger partial charge in [0.05, 0.1) is 0 Å². The predicted octanol–water partition coefficient (Wildman–Crippen LogP) is 3.39. The quantitative estimate of drug-likeness (QED) is 0.678. The van der Waals surface area contributed by atoms with Crippen LogP contribution < -0.4 is 5.32 Å². The van der Waals surface area contributed by atoms with Crippen molar-refractivity contribution in [3.8, 4) is 0 Å².